The first-order valence-corrected chi connectivity index (χ1v) is 12.3. The van der Waals surface area contributed by atoms with Crippen LogP contribution in [0, 0.1) is 5.92 Å². The second-order valence-corrected chi connectivity index (χ2v) is 7.74. The van der Waals surface area contributed by atoms with E-state index in [0.29, 0.717) is 52.5 Å². The number of carbonyl (C=O) groups is 4. The third-order valence-corrected chi connectivity index (χ3v) is 4.87. The van der Waals surface area contributed by atoms with Gasteiger partial charge >= 0.3 is 0 Å². The molecule has 0 aliphatic rings. The molecule has 0 bridgehead atoms. The van der Waals surface area contributed by atoms with Crippen molar-refractivity contribution in [3.63, 3.8) is 0 Å². The average Bonchev–Trinajstić information content (AvgIpc) is 2.84. The summed E-state index contributed by atoms with van der Waals surface area (Å²) in [6.45, 7) is 6.82. The molecule has 1 atom stereocenters. The highest BCUT2D eigenvalue weighted by atomic mass is 16.5. The van der Waals surface area contributed by atoms with Crippen molar-refractivity contribution in [3.8, 4) is 0 Å². The van der Waals surface area contributed by atoms with Crippen LogP contribution >= 0.6 is 0 Å². The average molecular weight is 505 g/mol. The van der Waals surface area contributed by atoms with Crippen LogP contribution in [-0.2, 0) is 38.1 Å². The van der Waals surface area contributed by atoms with E-state index < -0.39 is 0 Å². The predicted molar refractivity (Wildman–Crippen MR) is 129 cm³/mol. The number of unbranched alkanes of at least 4 members (excludes halogenated alkanes) is 1. The Morgan fingerprint density at radius 3 is 1.63 bits per heavy atom. The fourth-order valence-corrected chi connectivity index (χ4v) is 2.81. The largest absolute Gasteiger partial charge is 0.377 e. The van der Waals surface area contributed by atoms with E-state index in [1.807, 2.05) is 6.92 Å². The lowest BCUT2D eigenvalue weighted by Crippen LogP contribution is -2.31. The Balaban J connectivity index is 3.39. The molecular formula is C23H44N4O8. The Hall–Kier alpha value is -2.28. The van der Waals surface area contributed by atoms with Crippen LogP contribution in [-0.4, -0.2) is 96.1 Å². The van der Waals surface area contributed by atoms with Gasteiger partial charge in [-0.3, -0.25) is 19.2 Å². The zero-order valence-electron chi connectivity index (χ0n) is 21.2. The van der Waals surface area contributed by atoms with Crippen LogP contribution in [0.3, 0.4) is 0 Å². The van der Waals surface area contributed by atoms with E-state index >= 15 is 0 Å². The smallest absolute Gasteiger partial charge is 0.246 e. The molecular weight excluding hydrogens is 460 g/mol. The lowest BCUT2D eigenvalue weighted by molar-refractivity contribution is -0.127. The molecule has 0 heterocycles. The summed E-state index contributed by atoms with van der Waals surface area (Å²) in [4.78, 5) is 45.5. The van der Waals surface area contributed by atoms with Gasteiger partial charge in [-0.2, -0.15) is 0 Å². The molecule has 0 saturated heterocycles. The molecule has 0 aromatic rings. The second kappa shape index (κ2) is 23.5. The molecule has 35 heavy (non-hydrogen) atoms. The molecule has 12 heteroatoms. The maximum absolute atomic E-state index is 11.7. The fraction of sp³-hybridized carbons (Fsp3) is 0.826. The minimum atomic E-state index is -0.270. The summed E-state index contributed by atoms with van der Waals surface area (Å²) >= 11 is 0. The summed E-state index contributed by atoms with van der Waals surface area (Å²) in [6, 6.07) is 0. The van der Waals surface area contributed by atoms with Gasteiger partial charge in [0.2, 0.25) is 23.6 Å². The monoisotopic (exact) mass is 504 g/mol. The normalized spacial score (nSPS) is 11.6. The zero-order valence-corrected chi connectivity index (χ0v) is 21.2. The molecule has 12 nitrogen and oxygen atoms in total. The maximum Gasteiger partial charge on any atom is 0.246 e. The number of amides is 4. The van der Waals surface area contributed by atoms with Crippen molar-refractivity contribution < 1.29 is 38.1 Å². The highest BCUT2D eigenvalue weighted by Gasteiger charge is 2.11. The number of rotatable bonds is 24. The number of ether oxygens (including phenoxy) is 4. The maximum atomic E-state index is 11.7. The first-order chi connectivity index (χ1) is 16.9. The number of hydrogen-bond donors (Lipinski definition) is 4. The molecule has 0 fully saturated rings. The lowest BCUT2D eigenvalue weighted by atomic mass is 9.99. The zero-order chi connectivity index (χ0) is 26.2. The van der Waals surface area contributed by atoms with Gasteiger partial charge in [0.15, 0.2) is 0 Å². The summed E-state index contributed by atoms with van der Waals surface area (Å²) in [5, 5.41) is 8.12. The molecule has 0 aromatic carbocycles. The summed E-state index contributed by atoms with van der Waals surface area (Å²) in [6.07, 6.45) is 3.52. The van der Waals surface area contributed by atoms with Gasteiger partial charge in [0.25, 0.3) is 0 Å². The molecule has 0 spiro atoms. The molecule has 5 N–H and O–H groups in total. The van der Waals surface area contributed by atoms with Crippen molar-refractivity contribution in [2.45, 2.75) is 46.0 Å². The number of hydrogen-bond acceptors (Lipinski definition) is 8. The van der Waals surface area contributed by atoms with Gasteiger partial charge in [0, 0.05) is 32.0 Å². The predicted octanol–water partition coefficient (Wildman–Crippen LogP) is -0.507. The van der Waals surface area contributed by atoms with Crippen molar-refractivity contribution in [1.82, 2.24) is 16.0 Å². The summed E-state index contributed by atoms with van der Waals surface area (Å²) in [5.74, 6) is -0.842. The summed E-state index contributed by atoms with van der Waals surface area (Å²) in [7, 11) is 0. The van der Waals surface area contributed by atoms with E-state index in [4.69, 9.17) is 24.7 Å². The van der Waals surface area contributed by atoms with Crippen molar-refractivity contribution in [2.24, 2.45) is 11.7 Å². The van der Waals surface area contributed by atoms with Gasteiger partial charge in [-0.05, 0) is 19.3 Å². The van der Waals surface area contributed by atoms with Crippen LogP contribution in [0.2, 0.25) is 0 Å². The van der Waals surface area contributed by atoms with Crippen molar-refractivity contribution in [2.75, 3.05) is 72.5 Å². The Morgan fingerprint density at radius 1 is 0.657 bits per heavy atom. The van der Waals surface area contributed by atoms with Crippen molar-refractivity contribution >= 4 is 23.6 Å². The number of primary amides is 1. The molecule has 0 aliphatic carbocycles. The molecule has 4 amide bonds. The number of carbonyl (C=O) groups excluding carboxylic acids is 4. The first-order valence-electron chi connectivity index (χ1n) is 12.3. The molecule has 204 valence electrons. The molecule has 0 saturated carbocycles. The van der Waals surface area contributed by atoms with Crippen LogP contribution in [0.1, 0.15) is 46.0 Å². The van der Waals surface area contributed by atoms with E-state index in [1.165, 1.54) is 0 Å². The van der Waals surface area contributed by atoms with Crippen molar-refractivity contribution in [3.05, 3.63) is 0 Å². The van der Waals surface area contributed by atoms with E-state index in [1.54, 1.807) is 6.92 Å². The fourth-order valence-electron chi connectivity index (χ4n) is 2.81. The molecule has 0 unspecified atom stereocenters. The van der Waals surface area contributed by atoms with E-state index in [0.717, 1.165) is 25.7 Å². The Kier molecular flexibility index (Phi) is 21.9. The SMILES string of the molecule is CCC(=O)NCCOCCOCC(=O)NCCOCCOCC(=O)NCCCC[C@H](CC)C(N)=O. The second-order valence-electron chi connectivity index (χ2n) is 7.74. The van der Waals surface area contributed by atoms with Crippen molar-refractivity contribution in [1.29, 1.82) is 0 Å². The van der Waals surface area contributed by atoms with Gasteiger partial charge in [-0.1, -0.05) is 20.3 Å². The molecule has 0 radical (unpaired) electrons. The van der Waals surface area contributed by atoms with E-state index in [-0.39, 0.29) is 56.0 Å². The van der Waals surface area contributed by atoms with Crippen LogP contribution in [0.5, 0.6) is 0 Å². The third kappa shape index (κ3) is 22.0. The number of nitrogens with two attached hydrogens (primary N) is 1. The standard InChI is InChI=1S/C23H44N4O8/c1-3-19(23(24)31)7-5-6-8-25-21(29)17-34-15-14-33-12-10-27-22(30)18-35-16-13-32-11-9-26-20(28)4-2/h19H,3-18H2,1-2H3,(H2,24,31)(H,25,29)(H,26,28)(H,27,30)/t19-/m0/s1. The topological polar surface area (TPSA) is 167 Å². The Labute approximate surface area is 208 Å². The highest BCUT2D eigenvalue weighted by Crippen LogP contribution is 2.11. The minimum Gasteiger partial charge on any atom is -0.377 e. The highest BCUT2D eigenvalue weighted by molar-refractivity contribution is 5.77. The quantitative estimate of drug-likeness (QED) is 0.128. The summed E-state index contributed by atoms with van der Waals surface area (Å²) in [5.41, 5.74) is 5.31. The van der Waals surface area contributed by atoms with Crippen LogP contribution in [0.4, 0.5) is 0 Å². The van der Waals surface area contributed by atoms with Crippen LogP contribution < -0.4 is 21.7 Å². The first kappa shape index (κ1) is 32.7. The molecule has 0 rings (SSSR count). The van der Waals surface area contributed by atoms with E-state index in [2.05, 4.69) is 16.0 Å². The third-order valence-electron chi connectivity index (χ3n) is 4.87. The van der Waals surface area contributed by atoms with Crippen LogP contribution in [0.15, 0.2) is 0 Å². The molecule has 0 aromatic heterocycles. The van der Waals surface area contributed by atoms with E-state index in [9.17, 15) is 19.2 Å². The van der Waals surface area contributed by atoms with Gasteiger partial charge in [0.05, 0.1) is 39.6 Å². The van der Waals surface area contributed by atoms with Gasteiger partial charge < -0.3 is 40.6 Å². The molecule has 0 aliphatic heterocycles. The number of nitrogens with one attached hydrogen (secondary N) is 3. The van der Waals surface area contributed by atoms with Crippen LogP contribution in [0.25, 0.3) is 0 Å². The Morgan fingerprint density at radius 2 is 1.14 bits per heavy atom. The van der Waals surface area contributed by atoms with Gasteiger partial charge in [0.1, 0.15) is 13.2 Å². The van der Waals surface area contributed by atoms with Gasteiger partial charge in [-0.25, -0.2) is 0 Å². The summed E-state index contributed by atoms with van der Waals surface area (Å²) < 4.78 is 21.1. The lowest BCUT2D eigenvalue weighted by Gasteiger charge is -2.10. The minimum absolute atomic E-state index is 0.0202. The van der Waals surface area contributed by atoms with Gasteiger partial charge in [-0.15, -0.1) is 0 Å². The Bertz CT molecular complexity index is 592.